The molecule has 2 aromatic carbocycles. The summed E-state index contributed by atoms with van der Waals surface area (Å²) in [6.07, 6.45) is 5.21. The summed E-state index contributed by atoms with van der Waals surface area (Å²) in [5.41, 5.74) is 8.04. The minimum atomic E-state index is -0.794. The van der Waals surface area contributed by atoms with Crippen LogP contribution < -0.4 is 16.4 Å². The van der Waals surface area contributed by atoms with Gasteiger partial charge in [0.25, 0.3) is 5.91 Å². The number of carbonyl (C=O) groups is 2. The second kappa shape index (κ2) is 10.0. The second-order valence-corrected chi connectivity index (χ2v) is 7.77. The molecule has 0 saturated heterocycles. The number of aryl methyl sites for hydroxylation is 1. The highest BCUT2D eigenvalue weighted by atomic mass is 16.3. The number of nitrogens with two attached hydrogens (primary N) is 1. The molecule has 0 radical (unpaired) electrons. The monoisotopic (exact) mass is 446 g/mol. The number of carbonyl (C=O) groups excluding carboxylic acids is 2. The summed E-state index contributed by atoms with van der Waals surface area (Å²) in [5.74, 6) is -0.627. The molecule has 0 saturated carbocycles. The third-order valence-electron chi connectivity index (χ3n) is 5.39. The molecule has 0 bridgehead atoms. The first-order chi connectivity index (χ1) is 16.0. The number of hydrogen-bond acceptors (Lipinski definition) is 4. The Hall–Kier alpha value is -4.11. The third kappa shape index (κ3) is 5.58. The van der Waals surface area contributed by atoms with E-state index in [0.29, 0.717) is 31.6 Å². The number of fused-ring (bicyclic) bond motifs is 1. The van der Waals surface area contributed by atoms with Gasteiger partial charge in [-0.2, -0.15) is 0 Å². The molecule has 5 N–H and O–H groups in total. The Morgan fingerprint density at radius 2 is 1.94 bits per heavy atom. The van der Waals surface area contributed by atoms with Gasteiger partial charge >= 0.3 is 6.03 Å². The van der Waals surface area contributed by atoms with Gasteiger partial charge in [-0.15, -0.1) is 0 Å². The van der Waals surface area contributed by atoms with Crippen molar-refractivity contribution in [3.8, 4) is 0 Å². The number of aromatic nitrogens is 3. The first-order valence-corrected chi connectivity index (χ1v) is 10.7. The van der Waals surface area contributed by atoms with Gasteiger partial charge in [0.15, 0.2) is 0 Å². The number of hydrogen-bond donors (Lipinski definition) is 4. The molecule has 4 aromatic rings. The maximum absolute atomic E-state index is 12.3. The third-order valence-corrected chi connectivity index (χ3v) is 5.39. The minimum Gasteiger partial charge on any atom is -0.373 e. The van der Waals surface area contributed by atoms with E-state index in [4.69, 9.17) is 5.73 Å². The molecule has 3 amide bonds. The van der Waals surface area contributed by atoms with Gasteiger partial charge < -0.3 is 30.6 Å². The predicted octanol–water partition coefficient (Wildman–Crippen LogP) is 3.23. The minimum absolute atomic E-state index is 0.123. The van der Waals surface area contributed by atoms with Crippen molar-refractivity contribution in [1.82, 2.24) is 19.4 Å². The van der Waals surface area contributed by atoms with Gasteiger partial charge in [0.1, 0.15) is 11.9 Å². The van der Waals surface area contributed by atoms with Crippen LogP contribution in [0.4, 0.5) is 10.5 Å². The summed E-state index contributed by atoms with van der Waals surface area (Å²) < 4.78 is 3.56. The molecular formula is C24H26N6O3. The number of rotatable bonds is 9. The first-order valence-electron chi connectivity index (χ1n) is 10.7. The van der Waals surface area contributed by atoms with Crippen molar-refractivity contribution >= 4 is 28.5 Å². The van der Waals surface area contributed by atoms with Gasteiger partial charge in [-0.25, -0.2) is 9.78 Å². The van der Waals surface area contributed by atoms with Crippen LogP contribution in [-0.2, 0) is 13.1 Å². The van der Waals surface area contributed by atoms with Crippen molar-refractivity contribution in [1.29, 1.82) is 0 Å². The Bertz CT molecular complexity index is 1250. The molecule has 0 aliphatic heterocycles. The second-order valence-electron chi connectivity index (χ2n) is 7.77. The van der Waals surface area contributed by atoms with E-state index in [1.54, 1.807) is 0 Å². The quantitative estimate of drug-likeness (QED) is 0.315. The number of benzene rings is 2. The highest BCUT2D eigenvalue weighted by molar-refractivity contribution is 5.93. The Morgan fingerprint density at radius 1 is 1.12 bits per heavy atom. The lowest BCUT2D eigenvalue weighted by Crippen LogP contribution is -2.28. The van der Waals surface area contributed by atoms with Crippen LogP contribution in [0.3, 0.4) is 0 Å². The smallest absolute Gasteiger partial charge is 0.319 e. The van der Waals surface area contributed by atoms with Crippen LogP contribution >= 0.6 is 0 Å². The lowest BCUT2D eigenvalue weighted by molar-refractivity contribution is 0.0905. The zero-order valence-corrected chi connectivity index (χ0v) is 18.0. The molecule has 2 heterocycles. The number of amides is 3. The molecule has 9 nitrogen and oxygen atoms in total. The van der Waals surface area contributed by atoms with Gasteiger partial charge in [0.05, 0.1) is 11.8 Å². The Labute approximate surface area is 190 Å². The van der Waals surface area contributed by atoms with E-state index in [1.807, 2.05) is 60.8 Å². The fourth-order valence-electron chi connectivity index (χ4n) is 3.63. The molecule has 33 heavy (non-hydrogen) atoms. The molecule has 2 aromatic heterocycles. The van der Waals surface area contributed by atoms with E-state index in [9.17, 15) is 14.7 Å². The fourth-order valence-corrected chi connectivity index (χ4v) is 3.63. The molecule has 0 aliphatic carbocycles. The average Bonchev–Trinajstić information content (AvgIpc) is 3.46. The number of primary amides is 1. The number of urea groups is 1. The Morgan fingerprint density at radius 3 is 2.70 bits per heavy atom. The molecule has 0 fully saturated rings. The summed E-state index contributed by atoms with van der Waals surface area (Å²) in [4.78, 5) is 27.3. The SMILES string of the molecule is NC(=O)c1cn([C@H](O)CCCn2ccc3ccc(NC(=O)NCc4ccccc4)cc32)cn1. The van der Waals surface area contributed by atoms with E-state index in [-0.39, 0.29) is 11.7 Å². The van der Waals surface area contributed by atoms with E-state index < -0.39 is 12.1 Å². The highest BCUT2D eigenvalue weighted by Crippen LogP contribution is 2.22. The number of aliphatic hydroxyl groups is 1. The molecule has 0 spiro atoms. The van der Waals surface area contributed by atoms with Crippen molar-refractivity contribution in [2.24, 2.45) is 5.73 Å². The normalized spacial score (nSPS) is 11.9. The lowest BCUT2D eigenvalue weighted by Gasteiger charge is -2.13. The van der Waals surface area contributed by atoms with Crippen LogP contribution in [0.5, 0.6) is 0 Å². The maximum Gasteiger partial charge on any atom is 0.319 e. The number of nitrogens with one attached hydrogen (secondary N) is 2. The zero-order valence-electron chi connectivity index (χ0n) is 18.0. The van der Waals surface area contributed by atoms with Crippen molar-refractivity contribution in [3.63, 3.8) is 0 Å². The van der Waals surface area contributed by atoms with E-state index in [0.717, 1.165) is 16.5 Å². The summed E-state index contributed by atoms with van der Waals surface area (Å²) in [6, 6.07) is 17.2. The molecule has 0 aliphatic rings. The van der Waals surface area contributed by atoms with Crippen LogP contribution in [0.1, 0.15) is 35.1 Å². The van der Waals surface area contributed by atoms with E-state index in [2.05, 4.69) is 20.2 Å². The van der Waals surface area contributed by atoms with Gasteiger partial charge in [-0.3, -0.25) is 4.79 Å². The average molecular weight is 447 g/mol. The van der Waals surface area contributed by atoms with Gasteiger partial charge in [0, 0.05) is 31.2 Å². The highest BCUT2D eigenvalue weighted by Gasteiger charge is 2.11. The predicted molar refractivity (Wildman–Crippen MR) is 125 cm³/mol. The fraction of sp³-hybridized carbons (Fsp3) is 0.208. The Kier molecular flexibility index (Phi) is 6.70. The Balaban J connectivity index is 1.33. The maximum atomic E-state index is 12.3. The molecule has 9 heteroatoms. The topological polar surface area (TPSA) is 127 Å². The van der Waals surface area contributed by atoms with Crippen LogP contribution in [0, 0.1) is 0 Å². The van der Waals surface area contributed by atoms with Crippen LogP contribution in [0.15, 0.2) is 73.3 Å². The number of nitrogens with zero attached hydrogens (tertiary/aromatic N) is 3. The molecule has 1 atom stereocenters. The van der Waals surface area contributed by atoms with Gasteiger partial charge in [0.2, 0.25) is 0 Å². The van der Waals surface area contributed by atoms with Gasteiger partial charge in [-0.1, -0.05) is 36.4 Å². The van der Waals surface area contributed by atoms with Crippen molar-refractivity contribution in [2.75, 3.05) is 5.32 Å². The number of anilines is 1. The van der Waals surface area contributed by atoms with Crippen molar-refractivity contribution < 1.29 is 14.7 Å². The number of aliphatic hydroxyl groups excluding tert-OH is 1. The van der Waals surface area contributed by atoms with Crippen LogP contribution in [0.2, 0.25) is 0 Å². The molecule has 0 unspecified atom stereocenters. The summed E-state index contributed by atoms with van der Waals surface area (Å²) in [5, 5.41) is 17.1. The largest absolute Gasteiger partial charge is 0.373 e. The van der Waals surface area contributed by atoms with Gasteiger partial charge in [-0.05, 0) is 42.0 Å². The lowest BCUT2D eigenvalue weighted by atomic mass is 10.2. The summed E-state index contributed by atoms with van der Waals surface area (Å²) in [6.45, 7) is 1.13. The van der Waals surface area contributed by atoms with Crippen molar-refractivity contribution in [2.45, 2.75) is 32.2 Å². The summed E-state index contributed by atoms with van der Waals surface area (Å²) >= 11 is 0. The first kappa shape index (κ1) is 22.1. The molecular weight excluding hydrogens is 420 g/mol. The zero-order chi connectivity index (χ0) is 23.2. The molecule has 170 valence electrons. The van der Waals surface area contributed by atoms with E-state index >= 15 is 0 Å². The standard InChI is InChI=1S/C24H26N6O3/c25-23(32)20-15-30(16-27-20)22(31)7-4-11-29-12-10-18-8-9-19(13-21(18)29)28-24(33)26-14-17-5-2-1-3-6-17/h1-3,5-6,8-10,12-13,15-16,22,31H,4,7,11,14H2,(H2,25,32)(H2,26,28,33)/t22-/m1/s1. The summed E-state index contributed by atoms with van der Waals surface area (Å²) in [7, 11) is 0. The molecule has 4 rings (SSSR count). The van der Waals surface area contributed by atoms with Crippen LogP contribution in [-0.4, -0.2) is 31.2 Å². The van der Waals surface area contributed by atoms with E-state index in [1.165, 1.54) is 17.1 Å². The number of imidazole rings is 1. The van der Waals surface area contributed by atoms with Crippen LogP contribution in [0.25, 0.3) is 10.9 Å². The van der Waals surface area contributed by atoms with Crippen molar-refractivity contribution in [3.05, 3.63) is 84.6 Å².